The topological polar surface area (TPSA) is 39.4 Å². The summed E-state index contributed by atoms with van der Waals surface area (Å²) in [6.45, 7) is -1.12. The Hall–Kier alpha value is -2.38. The number of ether oxygens (including phenoxy) is 1. The Kier molecular flexibility index (Phi) is 3.73. The number of carbonyl (C=O) groups excluding carboxylic acids is 1. The third kappa shape index (κ3) is 2.36. The second-order valence-corrected chi connectivity index (χ2v) is 3.60. The lowest BCUT2D eigenvalue weighted by molar-refractivity contribution is 0.0425. The standard InChI is InChI=1S/C12H5F5O3/c13-7-5(8(14)10(16)11(17)9(7)15)4-20-12(18)6-2-1-3-19-6/h1-3H,4H2. The van der Waals surface area contributed by atoms with Crippen LogP contribution in [0.15, 0.2) is 22.8 Å². The second-order valence-electron chi connectivity index (χ2n) is 3.60. The predicted octanol–water partition coefficient (Wildman–Crippen LogP) is 3.33. The van der Waals surface area contributed by atoms with Gasteiger partial charge in [0, 0.05) is 0 Å². The largest absolute Gasteiger partial charge is 0.457 e. The van der Waals surface area contributed by atoms with Crippen LogP contribution in [0.1, 0.15) is 16.1 Å². The summed E-state index contributed by atoms with van der Waals surface area (Å²) in [5, 5.41) is 0. The fourth-order valence-corrected chi connectivity index (χ4v) is 1.38. The molecule has 0 aliphatic rings. The Morgan fingerprint density at radius 3 is 2.05 bits per heavy atom. The van der Waals surface area contributed by atoms with Gasteiger partial charge < -0.3 is 9.15 Å². The predicted molar refractivity (Wildman–Crippen MR) is 54.1 cm³/mol. The van der Waals surface area contributed by atoms with Crippen molar-refractivity contribution in [3.8, 4) is 0 Å². The van der Waals surface area contributed by atoms with Gasteiger partial charge in [-0.1, -0.05) is 0 Å². The molecule has 0 saturated heterocycles. The van der Waals surface area contributed by atoms with Crippen molar-refractivity contribution in [3.05, 3.63) is 58.8 Å². The highest BCUT2D eigenvalue weighted by Crippen LogP contribution is 2.23. The van der Waals surface area contributed by atoms with Gasteiger partial charge in [0.25, 0.3) is 0 Å². The van der Waals surface area contributed by atoms with Crippen LogP contribution >= 0.6 is 0 Å². The van der Waals surface area contributed by atoms with E-state index in [1.807, 2.05) is 0 Å². The van der Waals surface area contributed by atoms with Crippen LogP contribution in [-0.4, -0.2) is 5.97 Å². The molecule has 0 bridgehead atoms. The Bertz CT molecular complexity index is 623. The molecular weight excluding hydrogens is 287 g/mol. The summed E-state index contributed by atoms with van der Waals surface area (Å²) in [7, 11) is 0. The first-order chi connectivity index (χ1) is 9.43. The lowest BCUT2D eigenvalue weighted by atomic mass is 10.2. The van der Waals surface area contributed by atoms with Crippen molar-refractivity contribution in [1.29, 1.82) is 0 Å². The average Bonchev–Trinajstić information content (AvgIpc) is 2.97. The first kappa shape index (κ1) is 14.0. The van der Waals surface area contributed by atoms with Gasteiger partial charge >= 0.3 is 5.97 Å². The quantitative estimate of drug-likeness (QED) is 0.377. The van der Waals surface area contributed by atoms with Crippen LogP contribution in [0.2, 0.25) is 0 Å². The van der Waals surface area contributed by atoms with Crippen molar-refractivity contribution in [2.75, 3.05) is 0 Å². The van der Waals surface area contributed by atoms with Gasteiger partial charge in [0.1, 0.15) is 6.61 Å². The van der Waals surface area contributed by atoms with Gasteiger partial charge in [-0.3, -0.25) is 0 Å². The van der Waals surface area contributed by atoms with E-state index in [9.17, 15) is 26.7 Å². The van der Waals surface area contributed by atoms with E-state index in [1.54, 1.807) is 0 Å². The highest BCUT2D eigenvalue weighted by Gasteiger charge is 2.26. The van der Waals surface area contributed by atoms with Gasteiger partial charge in [-0.15, -0.1) is 0 Å². The van der Waals surface area contributed by atoms with Crippen LogP contribution in [0.4, 0.5) is 22.0 Å². The highest BCUT2D eigenvalue weighted by molar-refractivity contribution is 5.86. The average molecular weight is 292 g/mol. The summed E-state index contributed by atoms with van der Waals surface area (Å²) in [4.78, 5) is 11.3. The van der Waals surface area contributed by atoms with Crippen molar-refractivity contribution in [1.82, 2.24) is 0 Å². The van der Waals surface area contributed by atoms with E-state index in [1.165, 1.54) is 12.1 Å². The van der Waals surface area contributed by atoms with Crippen LogP contribution in [0.3, 0.4) is 0 Å². The number of esters is 1. The number of hydrogen-bond acceptors (Lipinski definition) is 3. The first-order valence-electron chi connectivity index (χ1n) is 5.14. The molecule has 0 aliphatic heterocycles. The fourth-order valence-electron chi connectivity index (χ4n) is 1.38. The molecule has 8 heteroatoms. The maximum absolute atomic E-state index is 13.3. The smallest absolute Gasteiger partial charge is 0.374 e. The zero-order valence-electron chi connectivity index (χ0n) is 9.55. The number of hydrogen-bond donors (Lipinski definition) is 0. The van der Waals surface area contributed by atoms with Crippen LogP contribution in [0.25, 0.3) is 0 Å². The molecule has 20 heavy (non-hydrogen) atoms. The van der Waals surface area contributed by atoms with E-state index in [2.05, 4.69) is 9.15 Å². The molecule has 0 fully saturated rings. The SMILES string of the molecule is O=C(OCc1c(F)c(F)c(F)c(F)c1F)c1ccco1. The number of benzene rings is 1. The van der Waals surface area contributed by atoms with E-state index < -0.39 is 47.2 Å². The van der Waals surface area contributed by atoms with Crippen molar-refractivity contribution in [3.63, 3.8) is 0 Å². The molecule has 3 nitrogen and oxygen atoms in total. The van der Waals surface area contributed by atoms with Gasteiger partial charge in [0.05, 0.1) is 11.8 Å². The van der Waals surface area contributed by atoms with Crippen LogP contribution in [0, 0.1) is 29.1 Å². The minimum absolute atomic E-state index is 0.270. The lowest BCUT2D eigenvalue weighted by Crippen LogP contribution is -2.11. The molecule has 0 amide bonds. The number of carbonyl (C=O) groups is 1. The van der Waals surface area contributed by atoms with Gasteiger partial charge in [-0.05, 0) is 12.1 Å². The van der Waals surface area contributed by atoms with Crippen LogP contribution < -0.4 is 0 Å². The Morgan fingerprint density at radius 1 is 1.00 bits per heavy atom. The van der Waals surface area contributed by atoms with E-state index >= 15 is 0 Å². The summed E-state index contributed by atoms with van der Waals surface area (Å²) in [5.74, 6) is -11.9. The summed E-state index contributed by atoms with van der Waals surface area (Å²) >= 11 is 0. The molecule has 0 saturated carbocycles. The third-order valence-electron chi connectivity index (χ3n) is 2.37. The molecule has 1 heterocycles. The van der Waals surface area contributed by atoms with E-state index in [0.717, 1.165) is 6.26 Å². The third-order valence-corrected chi connectivity index (χ3v) is 2.37. The number of halogens is 5. The summed E-state index contributed by atoms with van der Waals surface area (Å²) in [6.07, 6.45) is 1.15. The van der Waals surface area contributed by atoms with E-state index in [-0.39, 0.29) is 5.76 Å². The van der Waals surface area contributed by atoms with E-state index in [0.29, 0.717) is 0 Å². The van der Waals surface area contributed by atoms with Gasteiger partial charge in [-0.25, -0.2) is 26.7 Å². The Morgan fingerprint density at radius 2 is 1.55 bits per heavy atom. The summed E-state index contributed by atoms with van der Waals surface area (Å²) < 4.78 is 74.1. The molecule has 0 N–H and O–H groups in total. The monoisotopic (exact) mass is 292 g/mol. The molecule has 0 unspecified atom stereocenters. The second kappa shape index (κ2) is 5.32. The zero-order valence-corrected chi connectivity index (χ0v) is 9.55. The number of rotatable bonds is 3. The van der Waals surface area contributed by atoms with E-state index in [4.69, 9.17) is 0 Å². The summed E-state index contributed by atoms with van der Waals surface area (Å²) in [6, 6.07) is 2.57. The first-order valence-corrected chi connectivity index (χ1v) is 5.14. The maximum Gasteiger partial charge on any atom is 0.374 e. The van der Waals surface area contributed by atoms with Gasteiger partial charge in [0.2, 0.25) is 11.6 Å². The molecule has 0 radical (unpaired) electrons. The molecule has 0 atom stereocenters. The molecule has 1 aromatic heterocycles. The molecule has 0 aliphatic carbocycles. The maximum atomic E-state index is 13.3. The molecule has 2 rings (SSSR count). The van der Waals surface area contributed by atoms with Crippen LogP contribution in [0.5, 0.6) is 0 Å². The van der Waals surface area contributed by atoms with Gasteiger partial charge in [0.15, 0.2) is 23.3 Å². The van der Waals surface area contributed by atoms with Crippen LogP contribution in [-0.2, 0) is 11.3 Å². The van der Waals surface area contributed by atoms with Gasteiger partial charge in [-0.2, -0.15) is 0 Å². The molecule has 0 spiro atoms. The number of furan rings is 1. The highest BCUT2D eigenvalue weighted by atomic mass is 19.2. The van der Waals surface area contributed by atoms with Crippen molar-refractivity contribution >= 4 is 5.97 Å². The minimum Gasteiger partial charge on any atom is -0.457 e. The minimum atomic E-state index is -2.28. The Labute approximate surface area is 108 Å². The van der Waals surface area contributed by atoms with Crippen molar-refractivity contribution in [2.45, 2.75) is 6.61 Å². The molecular formula is C12H5F5O3. The lowest BCUT2D eigenvalue weighted by Gasteiger charge is -2.08. The fraction of sp³-hybridized carbons (Fsp3) is 0.0833. The normalized spacial score (nSPS) is 10.7. The molecule has 1 aromatic carbocycles. The van der Waals surface area contributed by atoms with Crippen molar-refractivity contribution < 1.29 is 35.9 Å². The Balaban J connectivity index is 2.24. The molecule has 2 aromatic rings. The molecule has 106 valence electrons. The van der Waals surface area contributed by atoms with Crippen molar-refractivity contribution in [2.24, 2.45) is 0 Å². The summed E-state index contributed by atoms with van der Waals surface area (Å²) in [5.41, 5.74) is -1.23. The zero-order chi connectivity index (χ0) is 14.9.